The number of carboxylic acids is 1. The number of carbonyl (C=O) groups is 1. The fourth-order valence-electron chi connectivity index (χ4n) is 2.48. The third-order valence-corrected chi connectivity index (χ3v) is 3.23. The van der Waals surface area contributed by atoms with Crippen molar-refractivity contribution in [2.24, 2.45) is 16.7 Å². The molecule has 0 heterocycles. The second-order valence-corrected chi connectivity index (χ2v) is 4.30. The van der Waals surface area contributed by atoms with Crippen molar-refractivity contribution in [2.75, 3.05) is 0 Å². The molecule has 1 rings (SSSR count). The van der Waals surface area contributed by atoms with Crippen molar-refractivity contribution in [3.05, 3.63) is 0 Å². The van der Waals surface area contributed by atoms with Crippen LogP contribution in [0.5, 0.6) is 0 Å². The number of alkyl halides is 6. The van der Waals surface area contributed by atoms with Crippen molar-refractivity contribution < 1.29 is 36.2 Å². The molecule has 0 radical (unpaired) electrons. The highest BCUT2D eigenvalue weighted by Crippen LogP contribution is 2.80. The maximum atomic E-state index is 12.5. The van der Waals surface area contributed by atoms with Crippen LogP contribution in [0.1, 0.15) is 13.8 Å². The van der Waals surface area contributed by atoms with E-state index in [9.17, 15) is 31.1 Å². The molecule has 16 heavy (non-hydrogen) atoms. The van der Waals surface area contributed by atoms with E-state index in [4.69, 9.17) is 5.11 Å². The average molecular weight is 250 g/mol. The minimum atomic E-state index is -5.63. The Morgan fingerprint density at radius 2 is 1.38 bits per heavy atom. The third kappa shape index (κ3) is 1.18. The number of hydrogen-bond acceptors (Lipinski definition) is 1. The summed E-state index contributed by atoms with van der Waals surface area (Å²) in [4.78, 5) is 10.5. The first-order chi connectivity index (χ1) is 6.82. The first-order valence-corrected chi connectivity index (χ1v) is 4.18. The lowest BCUT2D eigenvalue weighted by Gasteiger charge is -2.26. The smallest absolute Gasteiger partial charge is 0.404 e. The van der Waals surface area contributed by atoms with E-state index < -0.39 is 35.1 Å². The van der Waals surface area contributed by atoms with Gasteiger partial charge >= 0.3 is 18.3 Å². The summed E-state index contributed by atoms with van der Waals surface area (Å²) in [6, 6.07) is 0. The van der Waals surface area contributed by atoms with Gasteiger partial charge in [-0.05, 0) is 0 Å². The van der Waals surface area contributed by atoms with Gasteiger partial charge in [0.25, 0.3) is 0 Å². The summed E-state index contributed by atoms with van der Waals surface area (Å²) in [7, 11) is 0. The van der Waals surface area contributed by atoms with E-state index in [1.165, 1.54) is 0 Å². The molecule has 1 aliphatic carbocycles. The highest BCUT2D eigenvalue weighted by molar-refractivity contribution is 5.78. The summed E-state index contributed by atoms with van der Waals surface area (Å²) >= 11 is 0. The number of halogens is 6. The molecule has 0 spiro atoms. The second-order valence-electron chi connectivity index (χ2n) is 4.30. The molecule has 1 unspecified atom stereocenters. The molecular formula is C8H8F6O2. The van der Waals surface area contributed by atoms with Crippen LogP contribution < -0.4 is 0 Å². The lowest BCUT2D eigenvalue weighted by molar-refractivity contribution is -0.314. The number of carboxylic acid groups (broad SMARTS) is 1. The van der Waals surface area contributed by atoms with E-state index in [0.29, 0.717) is 13.8 Å². The first kappa shape index (κ1) is 13.1. The standard InChI is InChI=1S/C8H8F6O2/c1-5(2)3(4(15)16)6(5,7(9,10)11)8(12,13)14/h3H,1-2H3,(H,15,16). The predicted octanol–water partition coefficient (Wildman–Crippen LogP) is 2.84. The molecular weight excluding hydrogens is 242 g/mol. The minimum Gasteiger partial charge on any atom is -0.481 e. The van der Waals surface area contributed by atoms with Gasteiger partial charge in [-0.25, -0.2) is 0 Å². The normalized spacial score (nSPS) is 27.6. The molecule has 0 aliphatic heterocycles. The Morgan fingerprint density at radius 1 is 1.06 bits per heavy atom. The van der Waals surface area contributed by atoms with Crippen LogP contribution in [-0.2, 0) is 4.79 Å². The minimum absolute atomic E-state index is 0.659. The molecule has 94 valence electrons. The van der Waals surface area contributed by atoms with Gasteiger partial charge in [-0.15, -0.1) is 0 Å². The fourth-order valence-corrected chi connectivity index (χ4v) is 2.48. The maximum Gasteiger partial charge on any atom is 0.404 e. The van der Waals surface area contributed by atoms with Crippen LogP contribution in [0.2, 0.25) is 0 Å². The van der Waals surface area contributed by atoms with Crippen molar-refractivity contribution in [2.45, 2.75) is 26.2 Å². The van der Waals surface area contributed by atoms with Crippen molar-refractivity contribution >= 4 is 5.97 Å². The van der Waals surface area contributed by atoms with E-state index in [2.05, 4.69) is 0 Å². The molecule has 0 amide bonds. The van der Waals surface area contributed by atoms with Crippen LogP contribution in [0.3, 0.4) is 0 Å². The zero-order valence-electron chi connectivity index (χ0n) is 8.20. The topological polar surface area (TPSA) is 37.3 Å². The number of hydrogen-bond donors (Lipinski definition) is 1. The monoisotopic (exact) mass is 250 g/mol. The number of aliphatic carboxylic acids is 1. The number of rotatable bonds is 1. The van der Waals surface area contributed by atoms with Crippen LogP contribution in [0.4, 0.5) is 26.3 Å². The Kier molecular flexibility index (Phi) is 2.32. The van der Waals surface area contributed by atoms with E-state index >= 15 is 0 Å². The highest BCUT2D eigenvalue weighted by Gasteiger charge is 2.95. The summed E-state index contributed by atoms with van der Waals surface area (Å²) < 4.78 is 75.1. The zero-order valence-corrected chi connectivity index (χ0v) is 8.20. The van der Waals surface area contributed by atoms with Gasteiger partial charge in [-0.2, -0.15) is 26.3 Å². The summed E-state index contributed by atoms with van der Waals surface area (Å²) in [6.07, 6.45) is -11.3. The molecule has 2 nitrogen and oxygen atoms in total. The van der Waals surface area contributed by atoms with Gasteiger partial charge in [0.2, 0.25) is 0 Å². The van der Waals surface area contributed by atoms with Crippen LogP contribution in [0.15, 0.2) is 0 Å². The van der Waals surface area contributed by atoms with E-state index in [1.54, 1.807) is 0 Å². The summed E-state index contributed by atoms with van der Waals surface area (Å²) in [6.45, 7) is 1.32. The van der Waals surface area contributed by atoms with Gasteiger partial charge in [-0.1, -0.05) is 13.8 Å². The average Bonchev–Trinajstić information content (AvgIpc) is 2.45. The van der Waals surface area contributed by atoms with Crippen LogP contribution in [0.25, 0.3) is 0 Å². The van der Waals surface area contributed by atoms with Gasteiger partial charge in [0, 0.05) is 5.41 Å². The zero-order chi connectivity index (χ0) is 13.2. The molecule has 8 heteroatoms. The van der Waals surface area contributed by atoms with E-state index in [-0.39, 0.29) is 0 Å². The molecule has 0 aromatic carbocycles. The van der Waals surface area contributed by atoms with Gasteiger partial charge in [0.05, 0.1) is 5.92 Å². The molecule has 0 aromatic heterocycles. The quantitative estimate of drug-likeness (QED) is 0.726. The van der Waals surface area contributed by atoms with E-state index in [1.807, 2.05) is 0 Å². The summed E-state index contributed by atoms with van der Waals surface area (Å²) in [5.74, 6) is -4.57. The third-order valence-electron chi connectivity index (χ3n) is 3.23. The molecule has 0 aromatic rings. The van der Waals surface area contributed by atoms with Gasteiger partial charge in [-0.3, -0.25) is 4.79 Å². The molecule has 1 fully saturated rings. The lowest BCUT2D eigenvalue weighted by Crippen LogP contribution is -2.43. The highest BCUT2D eigenvalue weighted by atomic mass is 19.4. The SMILES string of the molecule is CC1(C)C(C(=O)O)C1(C(F)(F)F)C(F)(F)F. The molecule has 0 saturated heterocycles. The fraction of sp³-hybridized carbons (Fsp3) is 0.875. The van der Waals surface area contributed by atoms with Crippen LogP contribution in [-0.4, -0.2) is 23.4 Å². The van der Waals surface area contributed by atoms with Crippen molar-refractivity contribution in [3.63, 3.8) is 0 Å². The van der Waals surface area contributed by atoms with Crippen molar-refractivity contribution in [3.8, 4) is 0 Å². The summed E-state index contributed by atoms with van der Waals surface area (Å²) in [5, 5.41) is 8.45. The lowest BCUT2D eigenvalue weighted by atomic mass is 9.94. The Bertz CT molecular complexity index is 312. The molecule has 1 N–H and O–H groups in total. The Balaban J connectivity index is 3.38. The van der Waals surface area contributed by atoms with E-state index in [0.717, 1.165) is 0 Å². The largest absolute Gasteiger partial charge is 0.481 e. The Labute approximate surface area is 86.2 Å². The Hall–Kier alpha value is -0.950. The molecule has 1 saturated carbocycles. The Morgan fingerprint density at radius 3 is 1.44 bits per heavy atom. The van der Waals surface area contributed by atoms with Gasteiger partial charge < -0.3 is 5.11 Å². The molecule has 1 aliphatic rings. The second kappa shape index (κ2) is 2.84. The van der Waals surface area contributed by atoms with Gasteiger partial charge in [0.15, 0.2) is 5.41 Å². The van der Waals surface area contributed by atoms with Crippen LogP contribution in [0, 0.1) is 16.7 Å². The molecule has 0 bridgehead atoms. The molecule has 1 atom stereocenters. The van der Waals surface area contributed by atoms with Crippen LogP contribution >= 0.6 is 0 Å². The predicted molar refractivity (Wildman–Crippen MR) is 39.4 cm³/mol. The van der Waals surface area contributed by atoms with Crippen molar-refractivity contribution in [1.29, 1.82) is 0 Å². The van der Waals surface area contributed by atoms with Crippen molar-refractivity contribution in [1.82, 2.24) is 0 Å². The first-order valence-electron chi connectivity index (χ1n) is 4.18. The summed E-state index contributed by atoms with van der Waals surface area (Å²) in [5.41, 5.74) is -6.52. The maximum absolute atomic E-state index is 12.5. The van der Waals surface area contributed by atoms with Gasteiger partial charge in [0.1, 0.15) is 0 Å².